The molecule has 0 saturated carbocycles. The van der Waals surface area contributed by atoms with Gasteiger partial charge in [-0.25, -0.2) is 0 Å². The average molecular weight is 285 g/mol. The summed E-state index contributed by atoms with van der Waals surface area (Å²) in [5.74, 6) is 0. The number of rotatable bonds is 3. The van der Waals surface area contributed by atoms with Gasteiger partial charge in [0.15, 0.2) is 0 Å². The molecule has 0 radical (unpaired) electrons. The van der Waals surface area contributed by atoms with E-state index in [0.717, 1.165) is 12.8 Å². The first-order valence-corrected chi connectivity index (χ1v) is 6.69. The predicted octanol–water partition coefficient (Wildman–Crippen LogP) is 3.62. The number of nitro groups is 1. The number of nitrogens with one attached hydrogen (secondary N) is 1. The number of benzene rings is 1. The van der Waals surface area contributed by atoms with Crippen LogP contribution in [0.2, 0.25) is 5.02 Å². The Bertz CT molecular complexity index is 471. The number of nitrogens with zero attached hydrogens (tertiary/aromatic N) is 1. The van der Waals surface area contributed by atoms with E-state index in [-0.39, 0.29) is 23.9 Å². The van der Waals surface area contributed by atoms with Crippen LogP contribution in [0.15, 0.2) is 18.2 Å². The quantitative estimate of drug-likeness (QED) is 0.680. The lowest BCUT2D eigenvalue weighted by Crippen LogP contribution is -2.37. The fourth-order valence-electron chi connectivity index (χ4n) is 2.52. The Morgan fingerprint density at radius 1 is 1.37 bits per heavy atom. The molecular formula is C13H17ClN2O3. The van der Waals surface area contributed by atoms with Crippen molar-refractivity contribution in [3.63, 3.8) is 0 Å². The normalized spacial score (nSPS) is 27.0. The minimum atomic E-state index is -0.416. The first-order valence-electron chi connectivity index (χ1n) is 6.31. The Morgan fingerprint density at radius 2 is 2.00 bits per heavy atom. The third-order valence-electron chi connectivity index (χ3n) is 3.21. The molecule has 0 bridgehead atoms. The monoisotopic (exact) mass is 284 g/mol. The Kier molecular flexibility index (Phi) is 4.27. The highest BCUT2D eigenvalue weighted by Crippen LogP contribution is 2.30. The number of ether oxygens (including phenoxy) is 1. The average Bonchev–Trinajstić information content (AvgIpc) is 2.30. The highest BCUT2D eigenvalue weighted by atomic mass is 35.5. The molecule has 1 fully saturated rings. The van der Waals surface area contributed by atoms with Crippen molar-refractivity contribution in [2.45, 2.75) is 44.9 Å². The molecular weight excluding hydrogens is 268 g/mol. The fraction of sp³-hybridized carbons (Fsp3) is 0.538. The Balaban J connectivity index is 2.16. The van der Waals surface area contributed by atoms with E-state index in [9.17, 15) is 10.1 Å². The summed E-state index contributed by atoms with van der Waals surface area (Å²) >= 11 is 5.80. The molecule has 2 atom stereocenters. The lowest BCUT2D eigenvalue weighted by molar-refractivity contribution is -0.384. The molecule has 1 aliphatic heterocycles. The number of halogens is 1. The van der Waals surface area contributed by atoms with Crippen LogP contribution in [0.1, 0.15) is 26.7 Å². The van der Waals surface area contributed by atoms with E-state index in [2.05, 4.69) is 5.32 Å². The second-order valence-corrected chi connectivity index (χ2v) is 5.42. The van der Waals surface area contributed by atoms with Crippen molar-refractivity contribution in [2.75, 3.05) is 5.32 Å². The molecule has 0 aromatic heterocycles. The maximum atomic E-state index is 11.0. The molecule has 2 rings (SSSR count). The van der Waals surface area contributed by atoms with E-state index < -0.39 is 4.92 Å². The van der Waals surface area contributed by atoms with Crippen molar-refractivity contribution in [3.05, 3.63) is 33.3 Å². The van der Waals surface area contributed by atoms with Crippen LogP contribution in [-0.4, -0.2) is 23.2 Å². The second kappa shape index (κ2) is 5.75. The minimum absolute atomic E-state index is 0.0132. The van der Waals surface area contributed by atoms with Gasteiger partial charge in [-0.2, -0.15) is 0 Å². The van der Waals surface area contributed by atoms with Crippen LogP contribution < -0.4 is 5.32 Å². The van der Waals surface area contributed by atoms with E-state index in [1.54, 1.807) is 12.1 Å². The van der Waals surface area contributed by atoms with Crippen molar-refractivity contribution >= 4 is 23.0 Å². The number of hydrogen-bond donors (Lipinski definition) is 1. The van der Waals surface area contributed by atoms with Gasteiger partial charge < -0.3 is 10.1 Å². The molecule has 0 aliphatic carbocycles. The SMILES string of the molecule is CC1CC(Nc2ccc(Cl)cc2[N+](=O)[O-])CC(C)O1. The highest BCUT2D eigenvalue weighted by Gasteiger charge is 2.26. The van der Waals surface area contributed by atoms with E-state index >= 15 is 0 Å². The molecule has 1 saturated heterocycles. The van der Waals surface area contributed by atoms with Gasteiger partial charge in [-0.05, 0) is 38.8 Å². The zero-order valence-corrected chi connectivity index (χ0v) is 11.7. The molecule has 1 N–H and O–H groups in total. The third-order valence-corrected chi connectivity index (χ3v) is 3.45. The first-order chi connectivity index (χ1) is 8.95. The maximum Gasteiger partial charge on any atom is 0.293 e. The van der Waals surface area contributed by atoms with Gasteiger partial charge in [0.1, 0.15) is 5.69 Å². The van der Waals surface area contributed by atoms with Gasteiger partial charge in [0, 0.05) is 17.1 Å². The predicted molar refractivity (Wildman–Crippen MR) is 74.8 cm³/mol. The van der Waals surface area contributed by atoms with Gasteiger partial charge in [0.05, 0.1) is 17.1 Å². The van der Waals surface area contributed by atoms with E-state index in [0.29, 0.717) is 10.7 Å². The Morgan fingerprint density at radius 3 is 2.58 bits per heavy atom. The summed E-state index contributed by atoms with van der Waals surface area (Å²) in [4.78, 5) is 10.6. The zero-order valence-electron chi connectivity index (χ0n) is 10.9. The third kappa shape index (κ3) is 3.58. The van der Waals surface area contributed by atoms with Gasteiger partial charge in [-0.1, -0.05) is 11.6 Å². The summed E-state index contributed by atoms with van der Waals surface area (Å²) in [6, 6.07) is 4.86. The van der Waals surface area contributed by atoms with Crippen molar-refractivity contribution < 1.29 is 9.66 Å². The van der Waals surface area contributed by atoms with Gasteiger partial charge in [0.2, 0.25) is 0 Å². The summed E-state index contributed by atoms with van der Waals surface area (Å²) in [6.45, 7) is 4.03. The summed E-state index contributed by atoms with van der Waals surface area (Å²) < 4.78 is 5.66. The standard InChI is InChI=1S/C13H17ClN2O3/c1-8-5-11(6-9(2)19-8)15-12-4-3-10(14)7-13(12)16(17)18/h3-4,7-9,11,15H,5-6H2,1-2H3. The first kappa shape index (κ1) is 14.1. The van der Waals surface area contributed by atoms with Crippen LogP contribution in [0.25, 0.3) is 0 Å². The molecule has 1 aromatic rings. The highest BCUT2D eigenvalue weighted by molar-refractivity contribution is 6.30. The van der Waals surface area contributed by atoms with Crippen LogP contribution in [0.5, 0.6) is 0 Å². The molecule has 104 valence electrons. The molecule has 6 heteroatoms. The van der Waals surface area contributed by atoms with E-state index in [1.165, 1.54) is 6.07 Å². The van der Waals surface area contributed by atoms with Crippen molar-refractivity contribution in [3.8, 4) is 0 Å². The lowest BCUT2D eigenvalue weighted by Gasteiger charge is -2.33. The Labute approximate surface area is 117 Å². The van der Waals surface area contributed by atoms with Crippen LogP contribution in [0.4, 0.5) is 11.4 Å². The summed E-state index contributed by atoms with van der Waals surface area (Å²) in [7, 11) is 0. The zero-order chi connectivity index (χ0) is 14.0. The van der Waals surface area contributed by atoms with Crippen LogP contribution in [-0.2, 0) is 4.74 Å². The van der Waals surface area contributed by atoms with Gasteiger partial charge in [-0.3, -0.25) is 10.1 Å². The van der Waals surface area contributed by atoms with Crippen LogP contribution >= 0.6 is 11.6 Å². The van der Waals surface area contributed by atoms with Crippen molar-refractivity contribution in [1.82, 2.24) is 0 Å². The Hall–Kier alpha value is -1.33. The largest absolute Gasteiger partial charge is 0.377 e. The molecule has 0 amide bonds. The van der Waals surface area contributed by atoms with E-state index in [4.69, 9.17) is 16.3 Å². The summed E-state index contributed by atoms with van der Waals surface area (Å²) in [6.07, 6.45) is 1.99. The van der Waals surface area contributed by atoms with Crippen LogP contribution in [0.3, 0.4) is 0 Å². The molecule has 1 aliphatic rings. The molecule has 1 aromatic carbocycles. The van der Waals surface area contributed by atoms with Crippen molar-refractivity contribution in [1.29, 1.82) is 0 Å². The lowest BCUT2D eigenvalue weighted by atomic mass is 9.99. The van der Waals surface area contributed by atoms with Crippen LogP contribution in [0, 0.1) is 10.1 Å². The molecule has 19 heavy (non-hydrogen) atoms. The number of hydrogen-bond acceptors (Lipinski definition) is 4. The summed E-state index contributed by atoms with van der Waals surface area (Å²) in [5.41, 5.74) is 0.528. The van der Waals surface area contributed by atoms with Gasteiger partial charge >= 0.3 is 0 Å². The van der Waals surface area contributed by atoms with Gasteiger partial charge in [0.25, 0.3) is 5.69 Å². The molecule has 2 unspecified atom stereocenters. The molecule has 1 heterocycles. The van der Waals surface area contributed by atoms with Crippen molar-refractivity contribution in [2.24, 2.45) is 0 Å². The smallest absolute Gasteiger partial charge is 0.293 e. The second-order valence-electron chi connectivity index (χ2n) is 4.99. The topological polar surface area (TPSA) is 64.4 Å². The fourth-order valence-corrected chi connectivity index (χ4v) is 2.69. The van der Waals surface area contributed by atoms with E-state index in [1.807, 2.05) is 13.8 Å². The number of nitro benzene ring substituents is 1. The molecule has 0 spiro atoms. The maximum absolute atomic E-state index is 11.0. The van der Waals surface area contributed by atoms with Gasteiger partial charge in [-0.15, -0.1) is 0 Å². The minimum Gasteiger partial charge on any atom is -0.377 e. The number of anilines is 1. The molecule has 5 nitrogen and oxygen atoms in total. The summed E-state index contributed by atoms with van der Waals surface area (Å²) in [5, 5.41) is 14.6.